The van der Waals surface area contributed by atoms with Crippen LogP contribution in [0.25, 0.3) is 22.7 Å². The Kier molecular flexibility index (Phi) is 4.76. The molecule has 1 heterocycles. The van der Waals surface area contributed by atoms with Gasteiger partial charge in [-0.05, 0) is 36.4 Å². The number of fused-ring (bicyclic) bond motifs is 1. The van der Waals surface area contributed by atoms with Crippen LogP contribution in [0.3, 0.4) is 0 Å². The molecule has 0 bridgehead atoms. The van der Waals surface area contributed by atoms with Crippen LogP contribution in [-0.4, -0.2) is 31.3 Å². The van der Waals surface area contributed by atoms with Crippen LogP contribution in [0, 0.1) is 17.1 Å². The Hall–Kier alpha value is -3.53. The van der Waals surface area contributed by atoms with Crippen molar-refractivity contribution in [1.82, 2.24) is 9.97 Å². The van der Waals surface area contributed by atoms with Crippen molar-refractivity contribution in [3.05, 3.63) is 47.5 Å². The fourth-order valence-electron chi connectivity index (χ4n) is 2.66. The first-order valence-electron chi connectivity index (χ1n) is 7.67. The third-order valence-electron chi connectivity index (χ3n) is 3.85. The SMILES string of the molecule is COc1ccc(/C=C(/C#N)c2nc3ccc(F)cc3[nH]2)c(OC)c1OC. The normalized spacial score (nSPS) is 11.3. The highest BCUT2D eigenvalue weighted by Crippen LogP contribution is 2.41. The molecule has 0 saturated heterocycles. The van der Waals surface area contributed by atoms with Crippen molar-refractivity contribution < 1.29 is 18.6 Å². The number of ether oxygens (including phenoxy) is 3. The van der Waals surface area contributed by atoms with Crippen molar-refractivity contribution in [2.24, 2.45) is 0 Å². The van der Waals surface area contributed by atoms with Gasteiger partial charge in [0.15, 0.2) is 11.5 Å². The molecule has 0 atom stereocenters. The zero-order valence-electron chi connectivity index (χ0n) is 14.5. The molecule has 0 saturated carbocycles. The number of imidazole rings is 1. The van der Waals surface area contributed by atoms with Crippen LogP contribution in [0.5, 0.6) is 17.2 Å². The highest BCUT2D eigenvalue weighted by molar-refractivity contribution is 5.91. The smallest absolute Gasteiger partial charge is 0.203 e. The number of nitrogens with one attached hydrogen (secondary N) is 1. The fourth-order valence-corrected chi connectivity index (χ4v) is 2.66. The van der Waals surface area contributed by atoms with E-state index in [2.05, 4.69) is 16.0 Å². The van der Waals surface area contributed by atoms with Gasteiger partial charge in [-0.15, -0.1) is 0 Å². The van der Waals surface area contributed by atoms with Gasteiger partial charge < -0.3 is 19.2 Å². The summed E-state index contributed by atoms with van der Waals surface area (Å²) in [6, 6.07) is 9.78. The van der Waals surface area contributed by atoms with E-state index in [1.165, 1.54) is 33.5 Å². The number of aromatic nitrogens is 2. The van der Waals surface area contributed by atoms with E-state index >= 15 is 0 Å². The topological polar surface area (TPSA) is 80.2 Å². The molecule has 26 heavy (non-hydrogen) atoms. The molecule has 0 fully saturated rings. The zero-order chi connectivity index (χ0) is 18.7. The van der Waals surface area contributed by atoms with Crippen molar-refractivity contribution in [2.75, 3.05) is 21.3 Å². The van der Waals surface area contributed by atoms with E-state index < -0.39 is 0 Å². The Morgan fingerprint density at radius 3 is 2.54 bits per heavy atom. The Morgan fingerprint density at radius 1 is 1.12 bits per heavy atom. The second-order valence-corrected chi connectivity index (χ2v) is 5.34. The molecule has 0 radical (unpaired) electrons. The molecule has 0 amide bonds. The first-order chi connectivity index (χ1) is 12.6. The maximum atomic E-state index is 13.4. The predicted octanol–water partition coefficient (Wildman–Crippen LogP) is 3.79. The highest BCUT2D eigenvalue weighted by atomic mass is 19.1. The summed E-state index contributed by atoms with van der Waals surface area (Å²) < 4.78 is 29.4. The molecular formula is C19H16FN3O3. The lowest BCUT2D eigenvalue weighted by atomic mass is 10.1. The molecule has 1 aromatic heterocycles. The van der Waals surface area contributed by atoms with Gasteiger partial charge in [0.2, 0.25) is 5.75 Å². The van der Waals surface area contributed by atoms with Crippen LogP contribution in [0.2, 0.25) is 0 Å². The van der Waals surface area contributed by atoms with Gasteiger partial charge in [0.1, 0.15) is 17.7 Å². The van der Waals surface area contributed by atoms with Gasteiger partial charge in [0, 0.05) is 5.56 Å². The van der Waals surface area contributed by atoms with E-state index in [9.17, 15) is 9.65 Å². The van der Waals surface area contributed by atoms with Crippen molar-refractivity contribution >= 4 is 22.7 Å². The molecular weight excluding hydrogens is 337 g/mol. The Bertz CT molecular complexity index is 1030. The summed E-state index contributed by atoms with van der Waals surface area (Å²) in [5.74, 6) is 1.33. The standard InChI is InChI=1S/C19H16FN3O3/c1-24-16-7-4-11(17(25-2)18(16)26-3)8-12(10-21)19-22-14-6-5-13(20)9-15(14)23-19/h4-9H,1-3H3,(H,22,23)/b12-8-. The van der Waals surface area contributed by atoms with E-state index in [0.717, 1.165) is 0 Å². The molecule has 0 aliphatic rings. The summed E-state index contributed by atoms with van der Waals surface area (Å²) >= 11 is 0. The summed E-state index contributed by atoms with van der Waals surface area (Å²) in [7, 11) is 4.54. The van der Waals surface area contributed by atoms with Crippen LogP contribution in [0.4, 0.5) is 4.39 Å². The van der Waals surface area contributed by atoms with E-state index in [0.29, 0.717) is 39.7 Å². The van der Waals surface area contributed by atoms with Gasteiger partial charge >= 0.3 is 0 Å². The van der Waals surface area contributed by atoms with Crippen molar-refractivity contribution in [3.8, 4) is 23.3 Å². The molecule has 0 aliphatic carbocycles. The first-order valence-corrected chi connectivity index (χ1v) is 7.67. The highest BCUT2D eigenvalue weighted by Gasteiger charge is 2.16. The van der Waals surface area contributed by atoms with E-state index in [-0.39, 0.29) is 11.4 Å². The molecule has 3 aromatic rings. The zero-order valence-corrected chi connectivity index (χ0v) is 14.5. The Labute approximate surface area is 149 Å². The lowest BCUT2D eigenvalue weighted by Crippen LogP contribution is -1.97. The van der Waals surface area contributed by atoms with E-state index in [4.69, 9.17) is 14.2 Å². The molecule has 132 valence electrons. The minimum atomic E-state index is -0.378. The fraction of sp³-hybridized carbons (Fsp3) is 0.158. The van der Waals surface area contributed by atoms with Gasteiger partial charge in [-0.3, -0.25) is 0 Å². The van der Waals surface area contributed by atoms with Crippen LogP contribution in [0.15, 0.2) is 30.3 Å². The minimum Gasteiger partial charge on any atom is -0.493 e. The molecule has 6 nitrogen and oxygen atoms in total. The lowest BCUT2D eigenvalue weighted by molar-refractivity contribution is 0.324. The van der Waals surface area contributed by atoms with Gasteiger partial charge in [0.25, 0.3) is 0 Å². The number of rotatable bonds is 5. The van der Waals surface area contributed by atoms with Crippen molar-refractivity contribution in [1.29, 1.82) is 5.26 Å². The van der Waals surface area contributed by atoms with E-state index in [1.807, 2.05) is 0 Å². The second kappa shape index (κ2) is 7.15. The van der Waals surface area contributed by atoms with Gasteiger partial charge in [-0.25, -0.2) is 9.37 Å². The molecule has 0 spiro atoms. The Balaban J connectivity index is 2.13. The third kappa shape index (κ3) is 3.05. The average Bonchev–Trinajstić information content (AvgIpc) is 3.07. The van der Waals surface area contributed by atoms with Crippen LogP contribution in [0.1, 0.15) is 11.4 Å². The number of hydrogen-bond donors (Lipinski definition) is 1. The number of H-pyrrole nitrogens is 1. The molecule has 0 unspecified atom stereocenters. The monoisotopic (exact) mass is 353 g/mol. The summed E-state index contributed by atoms with van der Waals surface area (Å²) in [4.78, 5) is 7.30. The van der Waals surface area contributed by atoms with Crippen LogP contribution in [-0.2, 0) is 0 Å². The number of nitriles is 1. The van der Waals surface area contributed by atoms with Gasteiger partial charge in [0.05, 0.1) is 37.9 Å². The Morgan fingerprint density at radius 2 is 1.88 bits per heavy atom. The molecule has 3 rings (SSSR count). The summed E-state index contributed by atoms with van der Waals surface area (Å²) in [6.45, 7) is 0. The predicted molar refractivity (Wildman–Crippen MR) is 95.6 cm³/mol. The van der Waals surface area contributed by atoms with Crippen LogP contribution < -0.4 is 14.2 Å². The lowest BCUT2D eigenvalue weighted by Gasteiger charge is -2.14. The molecule has 1 N–H and O–H groups in total. The molecule has 2 aromatic carbocycles. The maximum absolute atomic E-state index is 13.4. The maximum Gasteiger partial charge on any atom is 0.203 e. The number of nitrogens with zero attached hydrogens (tertiary/aromatic N) is 2. The number of allylic oxidation sites excluding steroid dienone is 1. The first kappa shape index (κ1) is 17.3. The quantitative estimate of drug-likeness (QED) is 0.706. The minimum absolute atomic E-state index is 0.270. The van der Waals surface area contributed by atoms with E-state index in [1.54, 1.807) is 24.3 Å². The summed E-state index contributed by atoms with van der Waals surface area (Å²) in [6.07, 6.45) is 1.62. The summed E-state index contributed by atoms with van der Waals surface area (Å²) in [5, 5.41) is 9.56. The number of aromatic amines is 1. The number of hydrogen-bond acceptors (Lipinski definition) is 5. The molecule has 7 heteroatoms. The molecule has 0 aliphatic heterocycles. The van der Waals surface area contributed by atoms with Gasteiger partial charge in [-0.1, -0.05) is 0 Å². The number of halogens is 1. The van der Waals surface area contributed by atoms with Crippen molar-refractivity contribution in [3.63, 3.8) is 0 Å². The third-order valence-corrected chi connectivity index (χ3v) is 3.85. The second-order valence-electron chi connectivity index (χ2n) is 5.34. The number of methoxy groups -OCH3 is 3. The summed E-state index contributed by atoms with van der Waals surface area (Å²) in [5.41, 5.74) is 1.97. The van der Waals surface area contributed by atoms with Crippen LogP contribution >= 0.6 is 0 Å². The average molecular weight is 353 g/mol. The van der Waals surface area contributed by atoms with Gasteiger partial charge in [-0.2, -0.15) is 5.26 Å². The van der Waals surface area contributed by atoms with Crippen molar-refractivity contribution in [2.45, 2.75) is 0 Å². The number of benzene rings is 2. The largest absolute Gasteiger partial charge is 0.493 e.